The first kappa shape index (κ1) is 14.3. The fourth-order valence-electron chi connectivity index (χ4n) is 2.22. The number of anilines is 2. The Morgan fingerprint density at radius 1 is 1.23 bits per heavy atom. The van der Waals surface area contributed by atoms with Gasteiger partial charge in [-0.3, -0.25) is 4.68 Å². The lowest BCUT2D eigenvalue weighted by molar-refractivity contribution is 0.770. The van der Waals surface area contributed by atoms with Gasteiger partial charge in [0.05, 0.1) is 5.69 Å². The van der Waals surface area contributed by atoms with Crippen molar-refractivity contribution in [2.45, 2.75) is 6.54 Å². The van der Waals surface area contributed by atoms with Gasteiger partial charge in [0.25, 0.3) is 0 Å². The summed E-state index contributed by atoms with van der Waals surface area (Å²) in [5.41, 5.74) is 8.65. The standard InChI is InChI=1S/C15H15ClN6/c1-22-9-11(14(21-22)10-5-3-2-4-6-10)8-18-13-7-12(16)19-15(17)20-13/h2-7,9H,8H2,1H3,(H3,17,18,19,20). The number of hydrogen-bond acceptors (Lipinski definition) is 5. The third-order valence-electron chi connectivity index (χ3n) is 3.12. The Labute approximate surface area is 133 Å². The number of hydrogen-bond donors (Lipinski definition) is 2. The van der Waals surface area contributed by atoms with Crippen molar-refractivity contribution >= 4 is 23.4 Å². The van der Waals surface area contributed by atoms with E-state index in [-0.39, 0.29) is 5.95 Å². The number of nitrogens with one attached hydrogen (secondary N) is 1. The van der Waals surface area contributed by atoms with Crippen LogP contribution in [0.25, 0.3) is 11.3 Å². The topological polar surface area (TPSA) is 81.7 Å². The number of halogens is 1. The number of nitrogen functional groups attached to an aromatic ring is 1. The summed E-state index contributed by atoms with van der Waals surface area (Å²) in [6.07, 6.45) is 1.97. The van der Waals surface area contributed by atoms with Crippen LogP contribution >= 0.6 is 11.6 Å². The fraction of sp³-hybridized carbons (Fsp3) is 0.133. The summed E-state index contributed by atoms with van der Waals surface area (Å²) in [7, 11) is 1.90. The lowest BCUT2D eigenvalue weighted by Gasteiger charge is -2.06. The van der Waals surface area contributed by atoms with Crippen LogP contribution in [-0.4, -0.2) is 19.7 Å². The molecule has 0 bridgehead atoms. The highest BCUT2D eigenvalue weighted by atomic mass is 35.5. The normalized spacial score (nSPS) is 10.6. The number of rotatable bonds is 4. The van der Waals surface area contributed by atoms with Gasteiger partial charge in [0.1, 0.15) is 11.0 Å². The Morgan fingerprint density at radius 2 is 2.00 bits per heavy atom. The maximum atomic E-state index is 5.88. The SMILES string of the molecule is Cn1cc(CNc2cc(Cl)nc(N)n2)c(-c2ccccc2)n1. The highest BCUT2D eigenvalue weighted by Gasteiger charge is 2.10. The van der Waals surface area contributed by atoms with Gasteiger partial charge in [0, 0.05) is 37.0 Å². The van der Waals surface area contributed by atoms with Crippen LogP contribution in [0.15, 0.2) is 42.6 Å². The number of nitrogens with two attached hydrogens (primary N) is 1. The van der Waals surface area contributed by atoms with Gasteiger partial charge in [-0.05, 0) is 0 Å². The molecule has 0 amide bonds. The molecule has 0 atom stereocenters. The minimum absolute atomic E-state index is 0.143. The smallest absolute Gasteiger partial charge is 0.223 e. The second kappa shape index (κ2) is 6.03. The molecule has 7 heteroatoms. The van der Waals surface area contributed by atoms with Gasteiger partial charge >= 0.3 is 0 Å². The Bertz CT molecular complexity index is 764. The van der Waals surface area contributed by atoms with E-state index in [2.05, 4.69) is 20.4 Å². The molecule has 112 valence electrons. The van der Waals surface area contributed by atoms with Crippen molar-refractivity contribution in [2.75, 3.05) is 11.1 Å². The summed E-state index contributed by atoms with van der Waals surface area (Å²) in [4.78, 5) is 7.94. The van der Waals surface area contributed by atoms with Crippen molar-refractivity contribution in [3.8, 4) is 11.3 Å². The summed E-state index contributed by atoms with van der Waals surface area (Å²) in [6.45, 7) is 0.560. The second-order valence-electron chi connectivity index (χ2n) is 4.83. The van der Waals surface area contributed by atoms with Crippen LogP contribution in [0, 0.1) is 0 Å². The molecule has 0 aliphatic rings. The van der Waals surface area contributed by atoms with Gasteiger partial charge in [-0.15, -0.1) is 0 Å². The zero-order chi connectivity index (χ0) is 15.5. The Kier molecular flexibility index (Phi) is 3.93. The predicted molar refractivity (Wildman–Crippen MR) is 87.4 cm³/mol. The zero-order valence-corrected chi connectivity index (χ0v) is 12.7. The summed E-state index contributed by atoms with van der Waals surface area (Å²) >= 11 is 5.88. The molecule has 22 heavy (non-hydrogen) atoms. The second-order valence-corrected chi connectivity index (χ2v) is 5.22. The van der Waals surface area contributed by atoms with Gasteiger partial charge in [-0.1, -0.05) is 41.9 Å². The van der Waals surface area contributed by atoms with Gasteiger partial charge in [-0.25, -0.2) is 4.98 Å². The van der Waals surface area contributed by atoms with Crippen LogP contribution in [-0.2, 0) is 13.6 Å². The maximum Gasteiger partial charge on any atom is 0.223 e. The molecule has 0 saturated carbocycles. The van der Waals surface area contributed by atoms with E-state index in [1.54, 1.807) is 10.7 Å². The molecular weight excluding hydrogens is 300 g/mol. The van der Waals surface area contributed by atoms with Gasteiger partial charge in [0.15, 0.2) is 0 Å². The van der Waals surface area contributed by atoms with Crippen molar-refractivity contribution in [2.24, 2.45) is 7.05 Å². The van der Waals surface area contributed by atoms with Crippen LogP contribution in [0.5, 0.6) is 0 Å². The van der Waals surface area contributed by atoms with E-state index in [9.17, 15) is 0 Å². The molecule has 0 radical (unpaired) electrons. The van der Waals surface area contributed by atoms with E-state index >= 15 is 0 Å². The summed E-state index contributed by atoms with van der Waals surface area (Å²) in [5.74, 6) is 0.727. The highest BCUT2D eigenvalue weighted by molar-refractivity contribution is 6.29. The van der Waals surface area contributed by atoms with Crippen molar-refractivity contribution in [3.63, 3.8) is 0 Å². The molecule has 6 nitrogen and oxygen atoms in total. The fourth-order valence-corrected chi connectivity index (χ4v) is 2.41. The van der Waals surface area contributed by atoms with Crippen LogP contribution in [0.4, 0.5) is 11.8 Å². The average molecular weight is 315 g/mol. The highest BCUT2D eigenvalue weighted by Crippen LogP contribution is 2.22. The summed E-state index contributed by atoms with van der Waals surface area (Å²) < 4.78 is 1.79. The summed E-state index contributed by atoms with van der Waals surface area (Å²) in [6, 6.07) is 11.7. The average Bonchev–Trinajstić information content (AvgIpc) is 2.86. The monoisotopic (exact) mass is 314 g/mol. The van der Waals surface area contributed by atoms with Gasteiger partial charge in [0.2, 0.25) is 5.95 Å². The van der Waals surface area contributed by atoms with Crippen molar-refractivity contribution in [1.29, 1.82) is 0 Å². The van der Waals surface area contributed by atoms with E-state index in [0.717, 1.165) is 16.8 Å². The zero-order valence-electron chi connectivity index (χ0n) is 12.0. The molecule has 0 aliphatic carbocycles. The molecule has 0 saturated heterocycles. The molecular formula is C15H15ClN6. The third-order valence-corrected chi connectivity index (χ3v) is 3.32. The van der Waals surface area contributed by atoms with Crippen LogP contribution in [0.3, 0.4) is 0 Å². The molecule has 0 spiro atoms. The molecule has 3 N–H and O–H groups in total. The van der Waals surface area contributed by atoms with Crippen molar-refractivity contribution < 1.29 is 0 Å². The quantitative estimate of drug-likeness (QED) is 0.724. The molecule has 0 fully saturated rings. The lowest BCUT2D eigenvalue weighted by atomic mass is 10.1. The first-order chi connectivity index (χ1) is 10.6. The van der Waals surface area contributed by atoms with E-state index in [0.29, 0.717) is 17.5 Å². The van der Waals surface area contributed by atoms with Gasteiger partial charge in [-0.2, -0.15) is 10.1 Å². The van der Waals surface area contributed by atoms with Crippen molar-refractivity contribution in [3.05, 3.63) is 53.3 Å². The van der Waals surface area contributed by atoms with Crippen LogP contribution < -0.4 is 11.1 Å². The molecule has 2 aromatic heterocycles. The number of benzene rings is 1. The third kappa shape index (κ3) is 3.17. The number of aryl methyl sites for hydroxylation is 1. The minimum Gasteiger partial charge on any atom is -0.368 e. The number of nitrogens with zero attached hydrogens (tertiary/aromatic N) is 4. The Morgan fingerprint density at radius 3 is 2.73 bits per heavy atom. The van der Waals surface area contributed by atoms with Crippen LogP contribution in [0.1, 0.15) is 5.56 Å². The largest absolute Gasteiger partial charge is 0.368 e. The predicted octanol–water partition coefficient (Wildman–Crippen LogP) is 2.72. The van der Waals surface area contributed by atoms with E-state index < -0.39 is 0 Å². The molecule has 0 aliphatic heterocycles. The molecule has 3 rings (SSSR count). The lowest BCUT2D eigenvalue weighted by Crippen LogP contribution is -2.04. The van der Waals surface area contributed by atoms with E-state index in [1.165, 1.54) is 0 Å². The first-order valence-electron chi connectivity index (χ1n) is 6.73. The van der Waals surface area contributed by atoms with Gasteiger partial charge < -0.3 is 11.1 Å². The molecule has 3 aromatic rings. The first-order valence-corrected chi connectivity index (χ1v) is 7.11. The Hall–Kier alpha value is -2.60. The summed E-state index contributed by atoms with van der Waals surface area (Å²) in [5, 5.41) is 8.03. The molecule has 1 aromatic carbocycles. The van der Waals surface area contributed by atoms with Crippen LogP contribution in [0.2, 0.25) is 5.15 Å². The van der Waals surface area contributed by atoms with Crippen molar-refractivity contribution in [1.82, 2.24) is 19.7 Å². The molecule has 2 heterocycles. The van der Waals surface area contributed by atoms with E-state index in [4.69, 9.17) is 17.3 Å². The number of aromatic nitrogens is 4. The minimum atomic E-state index is 0.143. The Balaban J connectivity index is 1.84. The van der Waals surface area contributed by atoms with E-state index in [1.807, 2.05) is 43.6 Å². The maximum absolute atomic E-state index is 5.88. The molecule has 0 unspecified atom stereocenters.